The van der Waals surface area contributed by atoms with Gasteiger partial charge in [0, 0.05) is 40.8 Å². The maximum atomic E-state index is 14.5. The molecule has 0 fully saturated rings. The summed E-state index contributed by atoms with van der Waals surface area (Å²) in [4.78, 5) is 55.7. The number of nitro benzene ring substituents is 1. The Morgan fingerprint density at radius 1 is 1.00 bits per heavy atom. The molecule has 6 rings (SSSR count). The molecule has 52 heavy (non-hydrogen) atoms. The molecule has 0 spiro atoms. The van der Waals surface area contributed by atoms with E-state index in [0.29, 0.717) is 38.6 Å². The van der Waals surface area contributed by atoms with Crippen LogP contribution in [0.5, 0.6) is 11.5 Å². The largest absolute Gasteiger partial charge is 0.490 e. The third kappa shape index (κ3) is 6.84. The van der Waals surface area contributed by atoms with E-state index in [2.05, 4.69) is 4.57 Å². The second-order valence-electron chi connectivity index (χ2n) is 11.8. The number of aromatic nitrogens is 2. The zero-order valence-corrected chi connectivity index (χ0v) is 30.0. The van der Waals surface area contributed by atoms with Crippen LogP contribution >= 0.6 is 11.3 Å². The van der Waals surface area contributed by atoms with Crippen LogP contribution in [0.25, 0.3) is 17.0 Å². The van der Waals surface area contributed by atoms with Crippen molar-refractivity contribution in [1.82, 2.24) is 9.13 Å². The van der Waals surface area contributed by atoms with Crippen LogP contribution in [0, 0.1) is 17.0 Å². The number of nitro groups is 1. The number of esters is 2. The van der Waals surface area contributed by atoms with Crippen molar-refractivity contribution in [1.29, 1.82) is 0 Å². The Morgan fingerprint density at radius 2 is 1.75 bits per heavy atom. The van der Waals surface area contributed by atoms with Gasteiger partial charge in [0.2, 0.25) is 0 Å². The molecule has 1 aliphatic heterocycles. The normalized spacial score (nSPS) is 14.2. The Kier molecular flexibility index (Phi) is 10.4. The van der Waals surface area contributed by atoms with Gasteiger partial charge in [0.25, 0.3) is 11.2 Å². The molecule has 3 aromatic carbocycles. The third-order valence-electron chi connectivity index (χ3n) is 8.72. The Bertz CT molecular complexity index is 2420. The average molecular weight is 725 g/mol. The number of allylic oxidation sites excluding steroid dienone is 1. The lowest BCUT2D eigenvalue weighted by Gasteiger charge is -2.25. The summed E-state index contributed by atoms with van der Waals surface area (Å²) in [5, 5.41) is 12.1. The molecule has 1 aliphatic rings. The van der Waals surface area contributed by atoms with Gasteiger partial charge in [0.15, 0.2) is 22.9 Å². The first kappa shape index (κ1) is 35.8. The number of hydrogen-bond acceptors (Lipinski definition) is 11. The maximum Gasteiger partial charge on any atom is 0.343 e. The first-order chi connectivity index (χ1) is 25.1. The Morgan fingerprint density at radius 3 is 2.44 bits per heavy atom. The van der Waals surface area contributed by atoms with Gasteiger partial charge in [-0.3, -0.25) is 19.5 Å². The van der Waals surface area contributed by atoms with Crippen molar-refractivity contribution in [2.75, 3.05) is 26.9 Å². The molecule has 0 bridgehead atoms. The molecule has 0 unspecified atom stereocenters. The predicted octanol–water partition coefficient (Wildman–Crippen LogP) is 4.97. The van der Waals surface area contributed by atoms with Crippen LogP contribution < -0.4 is 24.4 Å². The van der Waals surface area contributed by atoms with Gasteiger partial charge >= 0.3 is 11.9 Å². The van der Waals surface area contributed by atoms with Crippen LogP contribution in [0.4, 0.5) is 5.69 Å². The van der Waals surface area contributed by atoms with E-state index in [1.54, 1.807) is 51.1 Å². The van der Waals surface area contributed by atoms with E-state index in [4.69, 9.17) is 23.9 Å². The second-order valence-corrected chi connectivity index (χ2v) is 12.8. The molecule has 2 aromatic heterocycles. The van der Waals surface area contributed by atoms with Crippen LogP contribution in [-0.2, 0) is 25.6 Å². The van der Waals surface area contributed by atoms with E-state index in [-0.39, 0.29) is 36.6 Å². The zero-order chi connectivity index (χ0) is 37.1. The minimum atomic E-state index is -0.907. The first-order valence-electron chi connectivity index (χ1n) is 16.5. The Balaban J connectivity index is 1.49. The Hall–Kier alpha value is -6.02. The first-order valence-corrected chi connectivity index (χ1v) is 17.3. The number of thiazole rings is 1. The molecular weight excluding hydrogens is 689 g/mol. The summed E-state index contributed by atoms with van der Waals surface area (Å²) >= 11 is 1.21. The third-order valence-corrected chi connectivity index (χ3v) is 9.70. The molecule has 14 heteroatoms. The summed E-state index contributed by atoms with van der Waals surface area (Å²) in [6.07, 6.45) is 1.85. The number of carbonyl (C=O) groups is 2. The van der Waals surface area contributed by atoms with Crippen molar-refractivity contribution in [2.45, 2.75) is 40.3 Å². The fraction of sp³-hybridized carbons (Fsp3) is 0.263. The lowest BCUT2D eigenvalue weighted by molar-refractivity contribution is -0.384. The minimum absolute atomic E-state index is 0.0190. The summed E-state index contributed by atoms with van der Waals surface area (Å²) in [5.74, 6) is -0.550. The van der Waals surface area contributed by atoms with E-state index in [9.17, 15) is 24.5 Å². The molecule has 0 N–H and O–H groups in total. The van der Waals surface area contributed by atoms with Crippen LogP contribution in [-0.4, -0.2) is 52.9 Å². The number of nitrogens with zero attached hydrogens (tertiary/aromatic N) is 4. The zero-order valence-electron chi connectivity index (χ0n) is 29.2. The molecule has 0 saturated heterocycles. The molecule has 0 aliphatic carbocycles. The molecule has 0 saturated carbocycles. The smallest absolute Gasteiger partial charge is 0.343 e. The van der Waals surface area contributed by atoms with Crippen LogP contribution in [0.2, 0.25) is 0 Å². The fourth-order valence-electron chi connectivity index (χ4n) is 6.27. The summed E-state index contributed by atoms with van der Waals surface area (Å²) < 4.78 is 25.7. The van der Waals surface area contributed by atoms with Crippen molar-refractivity contribution in [3.05, 3.63) is 130 Å². The van der Waals surface area contributed by atoms with E-state index in [1.165, 1.54) is 35.1 Å². The number of hydrogen-bond donors (Lipinski definition) is 0. The van der Waals surface area contributed by atoms with Gasteiger partial charge < -0.3 is 23.5 Å². The van der Waals surface area contributed by atoms with Crippen molar-refractivity contribution in [2.24, 2.45) is 4.99 Å². The highest BCUT2D eigenvalue weighted by molar-refractivity contribution is 7.07. The van der Waals surface area contributed by atoms with Crippen LogP contribution in [0.1, 0.15) is 49.2 Å². The van der Waals surface area contributed by atoms with Crippen molar-refractivity contribution in [3.8, 4) is 11.5 Å². The molecular formula is C38H36N4O9S. The number of benzene rings is 3. The number of methoxy groups -OCH3 is 1. The molecule has 0 radical (unpaired) electrons. The van der Waals surface area contributed by atoms with E-state index in [0.717, 1.165) is 27.7 Å². The second kappa shape index (κ2) is 15.1. The number of rotatable bonds is 12. The van der Waals surface area contributed by atoms with E-state index in [1.807, 2.05) is 37.3 Å². The number of fused-ring (bicyclic) bond motifs is 2. The lowest BCUT2D eigenvalue weighted by Crippen LogP contribution is -2.40. The average Bonchev–Trinajstić information content (AvgIpc) is 3.58. The number of para-hydroxylation sites is 1. The fourth-order valence-corrected chi connectivity index (χ4v) is 7.29. The quantitative estimate of drug-likeness (QED) is 0.0986. The monoisotopic (exact) mass is 724 g/mol. The van der Waals surface area contributed by atoms with Crippen molar-refractivity contribution >= 4 is 45.9 Å². The molecule has 268 valence electrons. The molecule has 3 heterocycles. The summed E-state index contributed by atoms with van der Waals surface area (Å²) in [6, 6.07) is 18.4. The predicted molar refractivity (Wildman–Crippen MR) is 194 cm³/mol. The highest BCUT2D eigenvalue weighted by Crippen LogP contribution is 2.36. The van der Waals surface area contributed by atoms with Crippen LogP contribution in [0.15, 0.2) is 87.8 Å². The maximum absolute atomic E-state index is 14.5. The van der Waals surface area contributed by atoms with Gasteiger partial charge in [0.05, 0.1) is 47.1 Å². The van der Waals surface area contributed by atoms with Gasteiger partial charge in [-0.25, -0.2) is 14.6 Å². The summed E-state index contributed by atoms with van der Waals surface area (Å²) in [5.41, 5.74) is 4.40. The Labute approximate surface area is 301 Å². The SMILES string of the molecule is CCOC(=O)C1=C(C)N=c2s/c(=C\c3c(C)n(Cc4ccc([N+](=O)[O-])cc4)c4ccccc34)c(=O)n2[C@@H]1c1ccc(OCC(=O)OC)c(OCC)c1. The van der Waals surface area contributed by atoms with Crippen LogP contribution in [0.3, 0.4) is 0 Å². The molecule has 13 nitrogen and oxygen atoms in total. The van der Waals surface area contributed by atoms with Gasteiger partial charge in [-0.1, -0.05) is 47.7 Å². The highest BCUT2D eigenvalue weighted by atomic mass is 32.1. The molecule has 0 amide bonds. The topological polar surface area (TPSA) is 153 Å². The van der Waals surface area contributed by atoms with Gasteiger partial charge in [-0.15, -0.1) is 0 Å². The van der Waals surface area contributed by atoms with Gasteiger partial charge in [-0.2, -0.15) is 0 Å². The standard InChI is InChI=1S/C38H36N4O9S/c1-6-49-31-18-25(14-17-30(31)51-21-33(43)48-5)35-34(37(45)50-7-2)22(3)39-38-41(35)36(44)32(52-38)19-28-23(4)40(29-11-9-8-10-27(28)29)20-24-12-15-26(16-13-24)42(46)47/h8-19,35H,6-7,20-21H2,1-5H3/b32-19-/t35-/m1/s1. The van der Waals surface area contributed by atoms with Crippen molar-refractivity contribution < 1.29 is 33.5 Å². The molecule has 1 atom stereocenters. The highest BCUT2D eigenvalue weighted by Gasteiger charge is 2.34. The minimum Gasteiger partial charge on any atom is -0.490 e. The lowest BCUT2D eigenvalue weighted by atomic mass is 9.95. The number of non-ortho nitro benzene ring substituents is 1. The van der Waals surface area contributed by atoms with E-state index >= 15 is 0 Å². The van der Waals surface area contributed by atoms with Crippen molar-refractivity contribution in [3.63, 3.8) is 0 Å². The van der Waals surface area contributed by atoms with Gasteiger partial charge in [-0.05, 0) is 63.1 Å². The summed E-state index contributed by atoms with van der Waals surface area (Å²) in [7, 11) is 1.26. The van der Waals surface area contributed by atoms with Gasteiger partial charge in [0.1, 0.15) is 0 Å². The molecule has 5 aromatic rings. The number of ether oxygens (including phenoxy) is 4. The van der Waals surface area contributed by atoms with E-state index < -0.39 is 22.9 Å². The number of carbonyl (C=O) groups excluding carboxylic acids is 2. The summed E-state index contributed by atoms with van der Waals surface area (Å²) in [6.45, 7) is 7.74.